The van der Waals surface area contributed by atoms with Gasteiger partial charge in [-0.1, -0.05) is 12.1 Å². The summed E-state index contributed by atoms with van der Waals surface area (Å²) in [6.07, 6.45) is 2.92. The molecular formula is C20H30N6S. The Bertz CT molecular complexity index is 722. The molecule has 0 unspecified atom stereocenters. The first-order valence-corrected chi connectivity index (χ1v) is 10.4. The van der Waals surface area contributed by atoms with E-state index in [9.17, 15) is 0 Å². The second-order valence-electron chi connectivity index (χ2n) is 6.93. The fourth-order valence-electron chi connectivity index (χ4n) is 3.27. The van der Waals surface area contributed by atoms with Crippen LogP contribution in [-0.2, 0) is 13.0 Å². The highest BCUT2D eigenvalue weighted by Gasteiger charge is 2.18. The Hall–Kier alpha value is -2.12. The molecule has 0 aromatic carbocycles. The normalized spacial score (nSPS) is 15.8. The van der Waals surface area contributed by atoms with Gasteiger partial charge in [-0.15, -0.1) is 11.3 Å². The zero-order valence-corrected chi connectivity index (χ0v) is 17.4. The highest BCUT2D eigenvalue weighted by molar-refractivity contribution is 7.09. The lowest BCUT2D eigenvalue weighted by atomic mass is 10.2. The molecule has 1 aliphatic heterocycles. The van der Waals surface area contributed by atoms with Gasteiger partial charge in [0.25, 0.3) is 0 Å². The van der Waals surface area contributed by atoms with Crippen molar-refractivity contribution in [2.75, 3.05) is 58.8 Å². The van der Waals surface area contributed by atoms with Gasteiger partial charge in [-0.2, -0.15) is 0 Å². The fraction of sp³-hybridized carbons (Fsp3) is 0.500. The molecule has 2 aromatic rings. The molecule has 1 N–H and O–H groups in total. The molecule has 7 heteroatoms. The first-order valence-electron chi connectivity index (χ1n) is 9.49. The predicted octanol–water partition coefficient (Wildman–Crippen LogP) is 2.14. The van der Waals surface area contributed by atoms with E-state index >= 15 is 0 Å². The summed E-state index contributed by atoms with van der Waals surface area (Å²) >= 11 is 1.81. The molecule has 0 saturated carbocycles. The lowest BCUT2D eigenvalue weighted by Crippen LogP contribution is -2.45. The van der Waals surface area contributed by atoms with Gasteiger partial charge in [0.15, 0.2) is 5.96 Å². The summed E-state index contributed by atoms with van der Waals surface area (Å²) in [5.74, 6) is 2.01. The van der Waals surface area contributed by atoms with Crippen LogP contribution in [-0.4, -0.2) is 74.6 Å². The number of likely N-dealkylation sites (N-methyl/N-ethyl adjacent to an activating group) is 2. The first kappa shape index (κ1) is 19.6. The van der Waals surface area contributed by atoms with Crippen LogP contribution >= 0.6 is 11.3 Å². The van der Waals surface area contributed by atoms with Crippen molar-refractivity contribution < 1.29 is 0 Å². The van der Waals surface area contributed by atoms with Crippen molar-refractivity contribution in [3.05, 3.63) is 46.3 Å². The predicted molar refractivity (Wildman–Crippen MR) is 115 cm³/mol. The minimum atomic E-state index is 0.728. The van der Waals surface area contributed by atoms with E-state index in [1.54, 1.807) is 0 Å². The number of guanidine groups is 1. The lowest BCUT2D eigenvalue weighted by Gasteiger charge is -2.34. The van der Waals surface area contributed by atoms with Crippen LogP contribution in [0, 0.1) is 0 Å². The number of hydrogen-bond acceptors (Lipinski definition) is 5. The van der Waals surface area contributed by atoms with Crippen molar-refractivity contribution >= 4 is 23.1 Å². The summed E-state index contributed by atoms with van der Waals surface area (Å²) in [7, 11) is 6.11. The molecular weight excluding hydrogens is 356 g/mol. The first-order chi connectivity index (χ1) is 13.2. The lowest BCUT2D eigenvalue weighted by molar-refractivity contribution is 0.312. The molecule has 0 amide bonds. The van der Waals surface area contributed by atoms with Gasteiger partial charge in [0.2, 0.25) is 0 Å². The van der Waals surface area contributed by atoms with E-state index in [-0.39, 0.29) is 0 Å². The Morgan fingerprint density at radius 2 is 2.07 bits per heavy atom. The second kappa shape index (κ2) is 9.71. The van der Waals surface area contributed by atoms with Gasteiger partial charge in [0, 0.05) is 70.0 Å². The molecule has 2 aromatic heterocycles. The highest BCUT2D eigenvalue weighted by Crippen LogP contribution is 2.18. The summed E-state index contributed by atoms with van der Waals surface area (Å²) in [4.78, 5) is 17.5. The standard InChI is InChI=1S/C20H30N6S/c1-21-20(25(3)10-8-18-7-5-15-27-18)23-16-17-6-4-9-22-19(17)26-13-11-24(2)12-14-26/h4-7,9,15H,8,10-14,16H2,1-3H3,(H,21,23). The third-order valence-electron chi connectivity index (χ3n) is 4.95. The zero-order valence-electron chi connectivity index (χ0n) is 16.6. The van der Waals surface area contributed by atoms with E-state index in [2.05, 4.69) is 67.7 Å². The third kappa shape index (κ3) is 5.43. The molecule has 27 heavy (non-hydrogen) atoms. The van der Waals surface area contributed by atoms with Crippen LogP contribution in [0.4, 0.5) is 5.82 Å². The molecule has 6 nitrogen and oxygen atoms in total. The SMILES string of the molecule is CN=C(NCc1cccnc1N1CCN(C)CC1)N(C)CCc1cccs1. The van der Waals surface area contributed by atoms with Crippen LogP contribution < -0.4 is 10.2 Å². The summed E-state index contributed by atoms with van der Waals surface area (Å²) in [5.41, 5.74) is 1.22. The topological polar surface area (TPSA) is 47.0 Å². The maximum absolute atomic E-state index is 4.66. The summed E-state index contributed by atoms with van der Waals surface area (Å²) in [5, 5.41) is 5.64. The number of aromatic nitrogens is 1. The zero-order chi connectivity index (χ0) is 19.1. The van der Waals surface area contributed by atoms with Crippen LogP contribution in [0.15, 0.2) is 40.8 Å². The molecule has 0 bridgehead atoms. The van der Waals surface area contributed by atoms with Gasteiger partial charge < -0.3 is 20.0 Å². The van der Waals surface area contributed by atoms with E-state index in [1.807, 2.05) is 30.6 Å². The van der Waals surface area contributed by atoms with Crippen LogP contribution in [0.3, 0.4) is 0 Å². The van der Waals surface area contributed by atoms with Gasteiger partial charge in [0.05, 0.1) is 0 Å². The number of nitrogens with one attached hydrogen (secondary N) is 1. The second-order valence-corrected chi connectivity index (χ2v) is 7.96. The van der Waals surface area contributed by atoms with Gasteiger partial charge in [0.1, 0.15) is 5.82 Å². The Labute approximate surface area is 166 Å². The van der Waals surface area contributed by atoms with Crippen molar-refractivity contribution in [3.8, 4) is 0 Å². The number of pyridine rings is 1. The number of aliphatic imine (C=N–C) groups is 1. The van der Waals surface area contributed by atoms with E-state index in [4.69, 9.17) is 0 Å². The Kier molecular flexibility index (Phi) is 7.06. The van der Waals surface area contributed by atoms with Crippen molar-refractivity contribution in [2.24, 2.45) is 4.99 Å². The quantitative estimate of drug-likeness (QED) is 0.609. The van der Waals surface area contributed by atoms with Crippen LogP contribution in [0.1, 0.15) is 10.4 Å². The van der Waals surface area contributed by atoms with E-state index in [0.717, 1.165) is 57.5 Å². The number of rotatable bonds is 6. The van der Waals surface area contributed by atoms with Crippen LogP contribution in [0.5, 0.6) is 0 Å². The minimum absolute atomic E-state index is 0.728. The molecule has 0 radical (unpaired) electrons. The number of thiophene rings is 1. The Morgan fingerprint density at radius 1 is 1.26 bits per heavy atom. The molecule has 1 fully saturated rings. The summed E-state index contributed by atoms with van der Waals surface area (Å²) in [6, 6.07) is 8.47. The number of nitrogens with zero attached hydrogens (tertiary/aromatic N) is 5. The maximum Gasteiger partial charge on any atom is 0.193 e. The average molecular weight is 387 g/mol. The number of anilines is 1. The average Bonchev–Trinajstić information content (AvgIpc) is 3.21. The van der Waals surface area contributed by atoms with Crippen molar-refractivity contribution in [1.82, 2.24) is 20.1 Å². The van der Waals surface area contributed by atoms with Crippen molar-refractivity contribution in [2.45, 2.75) is 13.0 Å². The molecule has 0 spiro atoms. The maximum atomic E-state index is 4.66. The Morgan fingerprint density at radius 3 is 2.78 bits per heavy atom. The van der Waals surface area contributed by atoms with Crippen molar-refractivity contribution in [1.29, 1.82) is 0 Å². The molecule has 146 valence electrons. The summed E-state index contributed by atoms with van der Waals surface area (Å²) in [6.45, 7) is 5.88. The van der Waals surface area contributed by atoms with Crippen LogP contribution in [0.2, 0.25) is 0 Å². The number of hydrogen-bond donors (Lipinski definition) is 1. The highest BCUT2D eigenvalue weighted by atomic mass is 32.1. The molecule has 1 aliphatic rings. The number of piperazine rings is 1. The molecule has 0 aliphatic carbocycles. The fourth-order valence-corrected chi connectivity index (χ4v) is 3.97. The van der Waals surface area contributed by atoms with E-state index < -0.39 is 0 Å². The summed E-state index contributed by atoms with van der Waals surface area (Å²) < 4.78 is 0. The van der Waals surface area contributed by atoms with Crippen LogP contribution in [0.25, 0.3) is 0 Å². The van der Waals surface area contributed by atoms with E-state index in [1.165, 1.54) is 10.4 Å². The molecule has 1 saturated heterocycles. The van der Waals surface area contributed by atoms with Gasteiger partial charge >= 0.3 is 0 Å². The minimum Gasteiger partial charge on any atom is -0.354 e. The van der Waals surface area contributed by atoms with Gasteiger partial charge in [-0.25, -0.2) is 4.98 Å². The molecule has 3 rings (SSSR count). The van der Waals surface area contributed by atoms with Gasteiger partial charge in [-0.3, -0.25) is 4.99 Å². The molecule has 3 heterocycles. The smallest absolute Gasteiger partial charge is 0.193 e. The molecule has 0 atom stereocenters. The van der Waals surface area contributed by atoms with E-state index in [0.29, 0.717) is 0 Å². The Balaban J connectivity index is 1.58. The monoisotopic (exact) mass is 386 g/mol. The third-order valence-corrected chi connectivity index (χ3v) is 5.89. The van der Waals surface area contributed by atoms with Crippen molar-refractivity contribution in [3.63, 3.8) is 0 Å². The largest absolute Gasteiger partial charge is 0.354 e. The van der Waals surface area contributed by atoms with Gasteiger partial charge in [-0.05, 0) is 31.0 Å².